The molecule has 0 saturated heterocycles. The number of aliphatic imine (C=N–C) groups is 2. The van der Waals surface area contributed by atoms with Crippen LogP contribution in [0.1, 0.15) is 57.1 Å². The number of rotatable bonds is 8. The Hall–Kier alpha value is -2.85. The number of aryl methyl sites for hydroxylation is 2. The van der Waals surface area contributed by atoms with Crippen molar-refractivity contribution in [3.63, 3.8) is 0 Å². The van der Waals surface area contributed by atoms with Crippen molar-refractivity contribution in [3.8, 4) is 0 Å². The summed E-state index contributed by atoms with van der Waals surface area (Å²) in [6, 6.07) is 3.07. The molecule has 2 fully saturated rings. The summed E-state index contributed by atoms with van der Waals surface area (Å²) in [6.45, 7) is 0.588. The molecule has 1 N–H and O–H groups in total. The molecule has 3 atom stereocenters. The number of amides is 1. The molecule has 0 unspecified atom stereocenters. The lowest BCUT2D eigenvalue weighted by Crippen LogP contribution is -2.28. The van der Waals surface area contributed by atoms with Crippen LogP contribution in [0.2, 0.25) is 0 Å². The fourth-order valence-corrected chi connectivity index (χ4v) is 5.78. The lowest BCUT2D eigenvalue weighted by atomic mass is 9.90. The molecule has 0 spiro atoms. The fraction of sp³-hybridized carbons (Fsp3) is 0.583. The molecule has 1 amide bonds. The van der Waals surface area contributed by atoms with Gasteiger partial charge < -0.3 is 5.32 Å². The second kappa shape index (κ2) is 9.55. The van der Waals surface area contributed by atoms with Crippen LogP contribution in [-0.2, 0) is 37.3 Å². The second-order valence-electron chi connectivity index (χ2n) is 9.70. The average molecular weight is 524 g/mol. The third kappa shape index (κ3) is 5.44. The maximum Gasteiger partial charge on any atom is 0.435 e. The summed E-state index contributed by atoms with van der Waals surface area (Å²) in [5, 5.41) is 6.39. The van der Waals surface area contributed by atoms with E-state index >= 15 is 0 Å². The maximum absolute atomic E-state index is 13.4. The van der Waals surface area contributed by atoms with Gasteiger partial charge in [0.15, 0.2) is 11.5 Å². The number of thiophene rings is 1. The van der Waals surface area contributed by atoms with Crippen molar-refractivity contribution >= 4 is 34.9 Å². The topological polar surface area (TPSA) is 88.7 Å². The number of carbonyl (C=O) groups is 2. The molecule has 0 aliphatic heterocycles. The quantitative estimate of drug-likeness (QED) is 0.409. The van der Waals surface area contributed by atoms with Crippen molar-refractivity contribution in [2.75, 3.05) is 6.54 Å². The second-order valence-corrected chi connectivity index (χ2v) is 10.9. The molecule has 0 aromatic carbocycles. The SMILES string of the molecule is Cn1nc(C(F)(F)F)cc1N=C=N[C@H]1CCc2sc(CC(=O)[C@@H]3C[C@@H]3F)c(C(=O)NCC3CC3)c2C1. The van der Waals surface area contributed by atoms with Crippen LogP contribution >= 0.6 is 11.3 Å². The van der Waals surface area contributed by atoms with E-state index in [0.29, 0.717) is 42.2 Å². The van der Waals surface area contributed by atoms with E-state index in [1.165, 1.54) is 18.4 Å². The molecule has 0 radical (unpaired) electrons. The van der Waals surface area contributed by atoms with Crippen LogP contribution in [0.3, 0.4) is 0 Å². The Bertz CT molecular complexity index is 1260. The van der Waals surface area contributed by atoms with Crippen molar-refractivity contribution < 1.29 is 27.2 Å². The van der Waals surface area contributed by atoms with E-state index in [2.05, 4.69) is 26.4 Å². The number of ketones is 1. The Labute approximate surface area is 208 Å². The van der Waals surface area contributed by atoms with Crippen LogP contribution in [0, 0.1) is 11.8 Å². The number of aromatic nitrogens is 2. The average Bonchev–Trinajstić information content (AvgIpc) is 3.71. The molecule has 36 heavy (non-hydrogen) atoms. The van der Waals surface area contributed by atoms with Crippen molar-refractivity contribution in [1.29, 1.82) is 0 Å². The molecule has 2 aromatic heterocycles. The van der Waals surface area contributed by atoms with E-state index < -0.39 is 24.0 Å². The fourth-order valence-electron chi connectivity index (χ4n) is 4.42. The smallest absolute Gasteiger partial charge is 0.352 e. The highest BCUT2D eigenvalue weighted by Crippen LogP contribution is 2.40. The third-order valence-corrected chi connectivity index (χ3v) is 8.09. The number of Topliss-reactive ketones (excluding diaryl/α,β-unsaturated/α-hetero) is 1. The van der Waals surface area contributed by atoms with E-state index in [4.69, 9.17) is 0 Å². The van der Waals surface area contributed by atoms with E-state index in [1.807, 2.05) is 0 Å². The van der Waals surface area contributed by atoms with Gasteiger partial charge in [-0.2, -0.15) is 23.3 Å². The monoisotopic (exact) mass is 523 g/mol. The highest BCUT2D eigenvalue weighted by Gasteiger charge is 2.44. The molecule has 7 nitrogen and oxygen atoms in total. The van der Waals surface area contributed by atoms with E-state index in [9.17, 15) is 27.2 Å². The molecule has 2 aromatic rings. The number of carbonyl (C=O) groups excluding carboxylic acids is 2. The molecular formula is C24H25F4N5O2S. The summed E-state index contributed by atoms with van der Waals surface area (Å²) in [5.41, 5.74) is 0.295. The van der Waals surface area contributed by atoms with Crippen LogP contribution in [0.25, 0.3) is 0 Å². The van der Waals surface area contributed by atoms with Crippen LogP contribution in [0.4, 0.5) is 23.4 Å². The van der Waals surface area contributed by atoms with Crippen LogP contribution < -0.4 is 5.32 Å². The van der Waals surface area contributed by atoms with Gasteiger partial charge in [0.05, 0.1) is 23.5 Å². The highest BCUT2D eigenvalue weighted by atomic mass is 32.1. The molecule has 2 saturated carbocycles. The first-order chi connectivity index (χ1) is 17.1. The van der Waals surface area contributed by atoms with Crippen LogP contribution in [-0.4, -0.2) is 46.2 Å². The first-order valence-electron chi connectivity index (χ1n) is 11.9. The minimum atomic E-state index is -4.57. The summed E-state index contributed by atoms with van der Waals surface area (Å²) in [5.74, 6) is -0.489. The van der Waals surface area contributed by atoms with Crippen LogP contribution in [0.15, 0.2) is 16.1 Å². The zero-order valence-electron chi connectivity index (χ0n) is 19.6. The normalized spacial score (nSPS) is 23.0. The van der Waals surface area contributed by atoms with Gasteiger partial charge in [-0.05, 0) is 50.0 Å². The standard InChI is InChI=1S/C24H25F4N5O2S/c1-33-21(9-20(32-33)24(26,27)28)31-11-30-13-4-5-18-15(6-13)22(23(35)29-10-12-2-3-12)19(36-18)8-17(34)14-7-16(14)25/h9,12-14,16H,2-8,10H2,1H3,(H,29,35)/t13-,14+,16-/m0/s1. The number of hydrogen-bond acceptors (Lipinski definition) is 6. The number of nitrogens with zero attached hydrogens (tertiary/aromatic N) is 4. The van der Waals surface area contributed by atoms with Crippen molar-refractivity contribution in [2.24, 2.45) is 28.9 Å². The van der Waals surface area contributed by atoms with Gasteiger partial charge in [-0.1, -0.05) is 0 Å². The first kappa shape index (κ1) is 24.8. The minimum absolute atomic E-state index is 0.0229. The van der Waals surface area contributed by atoms with Crippen molar-refractivity contribution in [2.45, 2.75) is 63.3 Å². The van der Waals surface area contributed by atoms with Crippen LogP contribution in [0.5, 0.6) is 0 Å². The number of hydrogen-bond donors (Lipinski definition) is 1. The van der Waals surface area contributed by atoms with E-state index in [-0.39, 0.29) is 36.4 Å². The predicted molar refractivity (Wildman–Crippen MR) is 125 cm³/mol. The Morgan fingerprint density at radius 2 is 2.06 bits per heavy atom. The predicted octanol–water partition coefficient (Wildman–Crippen LogP) is 4.47. The molecular weight excluding hydrogens is 498 g/mol. The minimum Gasteiger partial charge on any atom is -0.352 e. The summed E-state index contributed by atoms with van der Waals surface area (Å²) >= 11 is 1.44. The summed E-state index contributed by atoms with van der Waals surface area (Å²) in [7, 11) is 1.36. The molecule has 192 valence electrons. The number of alkyl halides is 4. The van der Waals surface area contributed by atoms with Gasteiger partial charge in [0.2, 0.25) is 0 Å². The largest absolute Gasteiger partial charge is 0.435 e. The molecule has 3 aliphatic rings. The first-order valence-corrected chi connectivity index (χ1v) is 12.8. The molecule has 12 heteroatoms. The zero-order chi connectivity index (χ0) is 25.6. The van der Waals surface area contributed by atoms with Gasteiger partial charge >= 0.3 is 6.18 Å². The summed E-state index contributed by atoms with van der Waals surface area (Å²) in [4.78, 5) is 35.5. The number of nitrogens with one attached hydrogen (secondary N) is 1. The van der Waals surface area contributed by atoms with Gasteiger partial charge in [-0.15, -0.1) is 11.3 Å². The maximum atomic E-state index is 13.4. The third-order valence-electron chi connectivity index (χ3n) is 6.79. The van der Waals surface area contributed by atoms with Crippen molar-refractivity contribution in [3.05, 3.63) is 32.6 Å². The highest BCUT2D eigenvalue weighted by molar-refractivity contribution is 7.12. The lowest BCUT2D eigenvalue weighted by molar-refractivity contribution is -0.141. The summed E-state index contributed by atoms with van der Waals surface area (Å²) < 4.78 is 53.0. The van der Waals surface area contributed by atoms with E-state index in [1.54, 1.807) is 0 Å². The van der Waals surface area contributed by atoms with Gasteiger partial charge in [0, 0.05) is 35.8 Å². The molecule has 0 bridgehead atoms. The molecule has 5 rings (SSSR count). The van der Waals surface area contributed by atoms with Gasteiger partial charge in [0.25, 0.3) is 5.91 Å². The van der Waals surface area contributed by atoms with Gasteiger partial charge in [-0.25, -0.2) is 14.1 Å². The summed E-state index contributed by atoms with van der Waals surface area (Å²) in [6.07, 6.45) is -1.44. The van der Waals surface area contributed by atoms with Gasteiger partial charge in [-0.3, -0.25) is 9.59 Å². The number of fused-ring (bicyclic) bond motifs is 1. The Morgan fingerprint density at radius 1 is 1.31 bits per heavy atom. The Morgan fingerprint density at radius 3 is 2.69 bits per heavy atom. The lowest BCUT2D eigenvalue weighted by Gasteiger charge is -2.19. The zero-order valence-corrected chi connectivity index (χ0v) is 20.4. The van der Waals surface area contributed by atoms with Gasteiger partial charge in [0.1, 0.15) is 12.0 Å². The molecule has 3 aliphatic carbocycles. The van der Waals surface area contributed by atoms with Crippen molar-refractivity contribution in [1.82, 2.24) is 15.1 Å². The Balaban J connectivity index is 1.35. The number of halogens is 4. The Kier molecular flexibility index (Phi) is 6.59. The van der Waals surface area contributed by atoms with E-state index in [0.717, 1.165) is 34.0 Å². The molecule has 2 heterocycles.